The summed E-state index contributed by atoms with van der Waals surface area (Å²) < 4.78 is 1.78. The first kappa shape index (κ1) is 16.7. The Morgan fingerprint density at radius 1 is 1.40 bits per heavy atom. The molecule has 0 saturated carbocycles. The van der Waals surface area contributed by atoms with Crippen LogP contribution >= 0.6 is 0 Å². The first-order chi connectivity index (χ1) is 9.23. The van der Waals surface area contributed by atoms with Gasteiger partial charge in [0.05, 0.1) is 0 Å². The summed E-state index contributed by atoms with van der Waals surface area (Å²) in [7, 11) is 3.68. The third kappa shape index (κ3) is 4.07. The Morgan fingerprint density at radius 2 is 2.00 bits per heavy atom. The Balaban J connectivity index is 2.67. The lowest BCUT2D eigenvalue weighted by Gasteiger charge is -2.20. The standard InChI is InChI=1S/C15H28N4O/c1-10(2)12(16)7-8-18(5)15(20)13-9-14(11(3)4)19(6)17-13/h9-12H,7-8,16H2,1-6H3. The van der Waals surface area contributed by atoms with E-state index in [1.165, 1.54) is 0 Å². The van der Waals surface area contributed by atoms with Crippen LogP contribution in [0.4, 0.5) is 0 Å². The zero-order chi connectivity index (χ0) is 15.4. The molecule has 0 aliphatic heterocycles. The van der Waals surface area contributed by atoms with Crippen molar-refractivity contribution in [2.24, 2.45) is 18.7 Å². The fourth-order valence-corrected chi connectivity index (χ4v) is 2.10. The van der Waals surface area contributed by atoms with Gasteiger partial charge in [0.1, 0.15) is 0 Å². The molecule has 2 N–H and O–H groups in total. The van der Waals surface area contributed by atoms with E-state index in [2.05, 4.69) is 32.8 Å². The van der Waals surface area contributed by atoms with Gasteiger partial charge in [0.15, 0.2) is 5.69 Å². The van der Waals surface area contributed by atoms with Gasteiger partial charge in [-0.3, -0.25) is 9.48 Å². The number of aryl methyl sites for hydroxylation is 1. The highest BCUT2D eigenvalue weighted by molar-refractivity contribution is 5.92. The number of nitrogens with zero attached hydrogens (tertiary/aromatic N) is 3. The molecule has 1 atom stereocenters. The molecule has 1 rings (SSSR count). The summed E-state index contributed by atoms with van der Waals surface area (Å²) in [5.41, 5.74) is 7.59. The lowest BCUT2D eigenvalue weighted by molar-refractivity contribution is 0.0782. The van der Waals surface area contributed by atoms with Gasteiger partial charge in [-0.25, -0.2) is 0 Å². The number of carbonyl (C=O) groups is 1. The van der Waals surface area contributed by atoms with Gasteiger partial charge in [0.2, 0.25) is 0 Å². The van der Waals surface area contributed by atoms with Crippen molar-refractivity contribution < 1.29 is 4.79 Å². The van der Waals surface area contributed by atoms with Crippen molar-refractivity contribution in [3.8, 4) is 0 Å². The molecule has 1 aromatic heterocycles. The molecule has 0 aliphatic carbocycles. The van der Waals surface area contributed by atoms with Crippen molar-refractivity contribution in [2.75, 3.05) is 13.6 Å². The fourth-order valence-electron chi connectivity index (χ4n) is 2.10. The van der Waals surface area contributed by atoms with E-state index in [1.54, 1.807) is 16.6 Å². The monoisotopic (exact) mass is 280 g/mol. The van der Waals surface area contributed by atoms with Gasteiger partial charge in [0, 0.05) is 32.4 Å². The molecule has 1 heterocycles. The summed E-state index contributed by atoms with van der Waals surface area (Å²) >= 11 is 0. The van der Waals surface area contributed by atoms with Gasteiger partial charge in [-0.2, -0.15) is 5.10 Å². The van der Waals surface area contributed by atoms with E-state index in [-0.39, 0.29) is 11.9 Å². The number of hydrogen-bond donors (Lipinski definition) is 1. The normalized spacial score (nSPS) is 13.1. The van der Waals surface area contributed by atoms with Crippen LogP contribution in [0.25, 0.3) is 0 Å². The number of rotatable bonds is 6. The van der Waals surface area contributed by atoms with Crippen molar-refractivity contribution in [1.82, 2.24) is 14.7 Å². The molecule has 0 aliphatic rings. The Bertz CT molecular complexity index is 451. The number of carbonyl (C=O) groups excluding carboxylic acids is 1. The van der Waals surface area contributed by atoms with E-state index < -0.39 is 0 Å². The maximum Gasteiger partial charge on any atom is 0.274 e. The van der Waals surface area contributed by atoms with Crippen LogP contribution in [0.1, 0.15) is 56.2 Å². The quantitative estimate of drug-likeness (QED) is 0.866. The van der Waals surface area contributed by atoms with E-state index in [0.717, 1.165) is 12.1 Å². The lowest BCUT2D eigenvalue weighted by atomic mass is 10.0. The third-order valence-corrected chi connectivity index (χ3v) is 3.73. The van der Waals surface area contributed by atoms with Gasteiger partial charge >= 0.3 is 0 Å². The summed E-state index contributed by atoms with van der Waals surface area (Å²) in [6.45, 7) is 9.04. The molecule has 5 nitrogen and oxygen atoms in total. The van der Waals surface area contributed by atoms with Gasteiger partial charge in [-0.05, 0) is 24.3 Å². The van der Waals surface area contributed by atoms with E-state index >= 15 is 0 Å². The SMILES string of the molecule is CC(C)c1cc(C(=O)N(C)CCC(N)C(C)C)nn1C. The first-order valence-electron chi connectivity index (χ1n) is 7.29. The highest BCUT2D eigenvalue weighted by atomic mass is 16.2. The summed E-state index contributed by atoms with van der Waals surface area (Å²) in [6.07, 6.45) is 0.809. The fraction of sp³-hybridized carbons (Fsp3) is 0.733. The summed E-state index contributed by atoms with van der Waals surface area (Å²) in [4.78, 5) is 14.0. The van der Waals surface area contributed by atoms with Crippen molar-refractivity contribution in [2.45, 2.75) is 46.1 Å². The van der Waals surface area contributed by atoms with Gasteiger partial charge in [0.25, 0.3) is 5.91 Å². The predicted octanol–water partition coefficient (Wildman–Crippen LogP) is 1.99. The molecule has 114 valence electrons. The van der Waals surface area contributed by atoms with Gasteiger partial charge in [-0.1, -0.05) is 27.7 Å². The molecule has 0 spiro atoms. The molecular formula is C15H28N4O. The van der Waals surface area contributed by atoms with Gasteiger partial charge in [-0.15, -0.1) is 0 Å². The molecule has 0 saturated heterocycles. The predicted molar refractivity (Wildman–Crippen MR) is 81.7 cm³/mol. The van der Waals surface area contributed by atoms with Crippen LogP contribution in [0.5, 0.6) is 0 Å². The first-order valence-corrected chi connectivity index (χ1v) is 7.29. The largest absolute Gasteiger partial charge is 0.340 e. The van der Waals surface area contributed by atoms with Gasteiger partial charge < -0.3 is 10.6 Å². The number of amides is 1. The summed E-state index contributed by atoms with van der Waals surface area (Å²) in [6, 6.07) is 2.01. The number of aromatic nitrogens is 2. The van der Waals surface area contributed by atoms with Crippen LogP contribution < -0.4 is 5.73 Å². The Morgan fingerprint density at radius 3 is 2.45 bits per heavy atom. The Labute approximate surface area is 122 Å². The van der Waals surface area contributed by atoms with E-state index in [0.29, 0.717) is 24.1 Å². The Hall–Kier alpha value is -1.36. The smallest absolute Gasteiger partial charge is 0.274 e. The second kappa shape index (κ2) is 6.88. The van der Waals surface area contributed by atoms with Crippen LogP contribution in [0.2, 0.25) is 0 Å². The summed E-state index contributed by atoms with van der Waals surface area (Å²) in [5, 5.41) is 4.31. The van der Waals surface area contributed by atoms with Crippen LogP contribution in [0, 0.1) is 5.92 Å². The lowest BCUT2D eigenvalue weighted by Crippen LogP contribution is -2.34. The minimum Gasteiger partial charge on any atom is -0.340 e. The molecule has 0 aromatic carbocycles. The van der Waals surface area contributed by atoms with Crippen molar-refractivity contribution in [3.63, 3.8) is 0 Å². The molecule has 0 fully saturated rings. The van der Waals surface area contributed by atoms with E-state index in [9.17, 15) is 4.79 Å². The second-order valence-electron chi connectivity index (χ2n) is 6.16. The number of hydrogen-bond acceptors (Lipinski definition) is 3. The van der Waals surface area contributed by atoms with Crippen molar-refractivity contribution >= 4 is 5.91 Å². The second-order valence-corrected chi connectivity index (χ2v) is 6.16. The van der Waals surface area contributed by atoms with E-state index in [4.69, 9.17) is 5.73 Å². The van der Waals surface area contributed by atoms with Crippen molar-refractivity contribution in [3.05, 3.63) is 17.5 Å². The molecule has 20 heavy (non-hydrogen) atoms. The topological polar surface area (TPSA) is 64.2 Å². The third-order valence-electron chi connectivity index (χ3n) is 3.73. The minimum atomic E-state index is -0.0385. The molecule has 0 bridgehead atoms. The molecule has 0 radical (unpaired) electrons. The van der Waals surface area contributed by atoms with Crippen LogP contribution in [-0.2, 0) is 7.05 Å². The zero-order valence-corrected chi connectivity index (χ0v) is 13.6. The Kier molecular flexibility index (Phi) is 5.74. The average Bonchev–Trinajstić information content (AvgIpc) is 2.76. The highest BCUT2D eigenvalue weighted by Crippen LogP contribution is 2.15. The van der Waals surface area contributed by atoms with Crippen LogP contribution in [-0.4, -0.2) is 40.2 Å². The molecular weight excluding hydrogens is 252 g/mol. The molecule has 1 aromatic rings. The molecule has 5 heteroatoms. The molecule has 1 amide bonds. The summed E-state index contributed by atoms with van der Waals surface area (Å²) in [5.74, 6) is 0.748. The highest BCUT2D eigenvalue weighted by Gasteiger charge is 2.19. The molecule has 1 unspecified atom stereocenters. The maximum atomic E-state index is 12.3. The van der Waals surface area contributed by atoms with Crippen LogP contribution in [0.3, 0.4) is 0 Å². The van der Waals surface area contributed by atoms with Crippen molar-refractivity contribution in [1.29, 1.82) is 0 Å². The van der Waals surface area contributed by atoms with Crippen LogP contribution in [0.15, 0.2) is 6.07 Å². The minimum absolute atomic E-state index is 0.0385. The average molecular weight is 280 g/mol. The zero-order valence-electron chi connectivity index (χ0n) is 13.6. The number of nitrogens with two attached hydrogens (primary N) is 1. The maximum absolute atomic E-state index is 12.3. The van der Waals surface area contributed by atoms with E-state index in [1.807, 2.05) is 13.1 Å².